The van der Waals surface area contributed by atoms with Crippen LogP contribution < -0.4 is 11.3 Å². The Labute approximate surface area is 135 Å². The molecule has 0 spiro atoms. The van der Waals surface area contributed by atoms with Crippen LogP contribution in [-0.4, -0.2) is 21.1 Å². The highest BCUT2D eigenvalue weighted by molar-refractivity contribution is 6.05. The standard InChI is InChI=1S/C16H17N3O3/c1-9-18-12-5-3-4-11(17)14(12)15(22)19(9)16(2)7-6-10(20)8-13(16)21/h3-5H,6-8,17H2,1-2H3/i1D2,6D2,7D2. The first-order valence-electron chi connectivity index (χ1n) is 9.66. The Balaban J connectivity index is 2.52. The Morgan fingerprint density at radius 3 is 2.91 bits per heavy atom. The second kappa shape index (κ2) is 4.76. The van der Waals surface area contributed by atoms with Gasteiger partial charge in [0.05, 0.1) is 17.3 Å². The molecule has 1 fully saturated rings. The number of aryl methyl sites for hydroxylation is 1. The summed E-state index contributed by atoms with van der Waals surface area (Å²) in [6, 6.07) is 4.33. The average molecular weight is 305 g/mol. The van der Waals surface area contributed by atoms with Crippen LogP contribution in [0.15, 0.2) is 23.0 Å². The number of benzene rings is 1. The van der Waals surface area contributed by atoms with Gasteiger partial charge in [-0.3, -0.25) is 19.0 Å². The van der Waals surface area contributed by atoms with Crippen molar-refractivity contribution in [1.29, 1.82) is 0 Å². The van der Waals surface area contributed by atoms with Gasteiger partial charge in [0.25, 0.3) is 5.56 Å². The molecule has 0 radical (unpaired) electrons. The van der Waals surface area contributed by atoms with Gasteiger partial charge in [-0.15, -0.1) is 0 Å². The number of nitrogen functional groups attached to an aromatic ring is 1. The summed E-state index contributed by atoms with van der Waals surface area (Å²) < 4.78 is 48.4. The van der Waals surface area contributed by atoms with Crippen molar-refractivity contribution in [3.8, 4) is 0 Å². The minimum Gasteiger partial charge on any atom is -0.398 e. The van der Waals surface area contributed by atoms with Crippen LogP contribution in [0.4, 0.5) is 5.69 Å². The van der Waals surface area contributed by atoms with E-state index in [0.29, 0.717) is 4.57 Å². The number of fused-ring (bicyclic) bond motifs is 1. The van der Waals surface area contributed by atoms with E-state index in [0.717, 1.165) is 6.92 Å². The van der Waals surface area contributed by atoms with Crippen molar-refractivity contribution < 1.29 is 17.8 Å². The van der Waals surface area contributed by atoms with Crippen LogP contribution in [0.1, 0.15) is 40.1 Å². The topological polar surface area (TPSA) is 95.0 Å². The van der Waals surface area contributed by atoms with Gasteiger partial charge in [-0.25, -0.2) is 4.98 Å². The average Bonchev–Trinajstić information content (AvgIpc) is 2.59. The van der Waals surface area contributed by atoms with Crippen LogP contribution >= 0.6 is 0 Å². The van der Waals surface area contributed by atoms with Gasteiger partial charge in [-0.1, -0.05) is 6.07 Å². The minimum atomic E-state index is -3.15. The molecule has 114 valence electrons. The third-order valence-corrected chi connectivity index (χ3v) is 3.71. The molecule has 1 saturated carbocycles. The van der Waals surface area contributed by atoms with Crippen LogP contribution in [0, 0.1) is 6.88 Å². The lowest BCUT2D eigenvalue weighted by atomic mass is 9.81. The van der Waals surface area contributed by atoms with Crippen molar-refractivity contribution in [3.63, 3.8) is 0 Å². The summed E-state index contributed by atoms with van der Waals surface area (Å²) in [6.45, 7) is -0.901. The molecular weight excluding hydrogens is 282 g/mol. The molecule has 1 unspecified atom stereocenters. The molecule has 6 nitrogen and oxygen atoms in total. The van der Waals surface area contributed by atoms with Gasteiger partial charge in [0.1, 0.15) is 17.1 Å². The van der Waals surface area contributed by atoms with E-state index in [1.807, 2.05) is 0 Å². The summed E-state index contributed by atoms with van der Waals surface area (Å²) in [5.41, 5.74) is 2.41. The highest BCUT2D eigenvalue weighted by atomic mass is 16.2. The lowest BCUT2D eigenvalue weighted by molar-refractivity contribution is -0.136. The van der Waals surface area contributed by atoms with Gasteiger partial charge in [0.2, 0.25) is 0 Å². The molecule has 1 aromatic heterocycles. The van der Waals surface area contributed by atoms with Crippen LogP contribution in [0.3, 0.4) is 0 Å². The number of aromatic nitrogens is 2. The monoisotopic (exact) mass is 305 g/mol. The number of rotatable bonds is 1. The van der Waals surface area contributed by atoms with Crippen LogP contribution in [0.25, 0.3) is 10.9 Å². The Morgan fingerprint density at radius 1 is 1.41 bits per heavy atom. The maximum Gasteiger partial charge on any atom is 0.264 e. The van der Waals surface area contributed by atoms with Crippen molar-refractivity contribution in [1.82, 2.24) is 9.55 Å². The molecule has 2 N–H and O–H groups in total. The fourth-order valence-electron chi connectivity index (χ4n) is 2.51. The lowest BCUT2D eigenvalue weighted by Crippen LogP contribution is -2.49. The summed E-state index contributed by atoms with van der Waals surface area (Å²) in [6.07, 6.45) is -7.17. The van der Waals surface area contributed by atoms with Crippen LogP contribution in [0.5, 0.6) is 0 Å². The van der Waals surface area contributed by atoms with Gasteiger partial charge < -0.3 is 5.73 Å². The third-order valence-electron chi connectivity index (χ3n) is 3.71. The van der Waals surface area contributed by atoms with Gasteiger partial charge in [-0.2, -0.15) is 0 Å². The number of nitrogens with two attached hydrogens (primary N) is 1. The normalized spacial score (nSPS) is 31.0. The van der Waals surface area contributed by atoms with E-state index in [-0.39, 0.29) is 16.6 Å². The first kappa shape index (κ1) is 8.82. The first-order chi connectivity index (χ1) is 12.8. The number of carbonyl (C=O) groups excluding carboxylic acids is 2. The second-order valence-corrected chi connectivity index (χ2v) is 5.20. The molecule has 0 bridgehead atoms. The van der Waals surface area contributed by atoms with Crippen molar-refractivity contribution in [2.75, 3.05) is 5.73 Å². The molecule has 1 heterocycles. The van der Waals surface area contributed by atoms with E-state index in [1.54, 1.807) is 0 Å². The Hall–Kier alpha value is -2.50. The molecule has 1 aromatic carbocycles. The quantitative estimate of drug-likeness (QED) is 0.633. The lowest BCUT2D eigenvalue weighted by Gasteiger charge is -2.34. The molecule has 0 aliphatic heterocycles. The summed E-state index contributed by atoms with van der Waals surface area (Å²) in [5.74, 6) is -2.83. The SMILES string of the molecule is [2H]C([2H])c1nc2cccc(N)c2c(=O)n1C1(C)C(=O)CC(=O)C([2H])([2H])C1([2H])[2H]. The number of ketones is 2. The molecule has 2 aromatic rings. The number of hydrogen-bond donors (Lipinski definition) is 1. The molecule has 1 aliphatic carbocycles. The number of anilines is 1. The molecular formula is C16H17N3O3. The van der Waals surface area contributed by atoms with Crippen LogP contribution in [0.2, 0.25) is 0 Å². The predicted molar refractivity (Wildman–Crippen MR) is 82.7 cm³/mol. The number of hydrogen-bond acceptors (Lipinski definition) is 5. The zero-order chi connectivity index (χ0) is 21.2. The van der Waals surface area contributed by atoms with E-state index in [4.69, 9.17) is 14.0 Å². The van der Waals surface area contributed by atoms with Crippen LogP contribution in [-0.2, 0) is 15.1 Å². The van der Waals surface area contributed by atoms with E-state index >= 15 is 0 Å². The van der Waals surface area contributed by atoms with Gasteiger partial charge in [0.15, 0.2) is 5.78 Å². The molecule has 1 aliphatic rings. The Kier molecular flexibility index (Phi) is 1.91. The number of nitrogens with zero attached hydrogens (tertiary/aromatic N) is 2. The van der Waals surface area contributed by atoms with E-state index < -0.39 is 54.5 Å². The third kappa shape index (κ3) is 1.94. The Morgan fingerprint density at radius 2 is 2.18 bits per heavy atom. The summed E-state index contributed by atoms with van der Waals surface area (Å²) in [4.78, 5) is 42.1. The van der Waals surface area contributed by atoms with Crippen molar-refractivity contribution in [3.05, 3.63) is 34.4 Å². The van der Waals surface area contributed by atoms with Gasteiger partial charge >= 0.3 is 0 Å². The van der Waals surface area contributed by atoms with Gasteiger partial charge in [0, 0.05) is 20.3 Å². The summed E-state index contributed by atoms with van der Waals surface area (Å²) >= 11 is 0. The van der Waals surface area contributed by atoms with Crippen molar-refractivity contribution in [2.45, 2.75) is 38.5 Å². The van der Waals surface area contributed by atoms with Crippen molar-refractivity contribution in [2.24, 2.45) is 0 Å². The number of carbonyl (C=O) groups is 2. The fourth-order valence-corrected chi connectivity index (χ4v) is 2.51. The smallest absolute Gasteiger partial charge is 0.264 e. The molecule has 6 heteroatoms. The maximum atomic E-state index is 13.3. The fraction of sp³-hybridized carbons (Fsp3) is 0.375. The number of Topliss-reactive ketones (excluding diaryl/α,β-unsaturated/α-hetero) is 2. The summed E-state index contributed by atoms with van der Waals surface area (Å²) in [5, 5.41) is -0.144. The molecule has 0 amide bonds. The zero-order valence-electron chi connectivity index (χ0n) is 17.7. The highest BCUT2D eigenvalue weighted by Gasteiger charge is 2.41. The van der Waals surface area contributed by atoms with E-state index in [2.05, 4.69) is 4.98 Å². The Bertz CT molecular complexity index is 1080. The molecule has 0 saturated heterocycles. The highest BCUT2D eigenvalue weighted by Crippen LogP contribution is 2.30. The minimum absolute atomic E-state index is 0.00619. The largest absolute Gasteiger partial charge is 0.398 e. The molecule has 1 atom stereocenters. The van der Waals surface area contributed by atoms with E-state index in [1.165, 1.54) is 18.2 Å². The second-order valence-electron chi connectivity index (χ2n) is 5.20. The zero-order valence-corrected chi connectivity index (χ0v) is 11.7. The first-order valence-corrected chi connectivity index (χ1v) is 6.51. The molecule has 22 heavy (non-hydrogen) atoms. The van der Waals surface area contributed by atoms with E-state index in [9.17, 15) is 14.4 Å². The summed E-state index contributed by atoms with van der Waals surface area (Å²) in [7, 11) is 0. The maximum absolute atomic E-state index is 13.3. The van der Waals surface area contributed by atoms with Crippen molar-refractivity contribution >= 4 is 28.2 Å². The predicted octanol–water partition coefficient (Wildman–Crippen LogP) is 1.32. The van der Waals surface area contributed by atoms with Gasteiger partial charge in [-0.05, 0) is 32.3 Å². The molecule has 3 rings (SSSR count).